The van der Waals surface area contributed by atoms with Crippen LogP contribution in [0.3, 0.4) is 0 Å². The minimum absolute atomic E-state index is 0.559. The lowest BCUT2D eigenvalue weighted by Gasteiger charge is -2.09. The van der Waals surface area contributed by atoms with Gasteiger partial charge in [0.1, 0.15) is 12.4 Å². The van der Waals surface area contributed by atoms with E-state index < -0.39 is 0 Å². The SMILES string of the molecule is Cc1ccc(OCc2ccccc2Br)c(Br)c1. The van der Waals surface area contributed by atoms with E-state index in [4.69, 9.17) is 4.74 Å². The van der Waals surface area contributed by atoms with Crippen LogP contribution in [0.2, 0.25) is 0 Å². The van der Waals surface area contributed by atoms with Crippen molar-refractivity contribution in [2.24, 2.45) is 0 Å². The highest BCUT2D eigenvalue weighted by Crippen LogP contribution is 2.27. The molecule has 0 aliphatic carbocycles. The van der Waals surface area contributed by atoms with Crippen LogP contribution < -0.4 is 4.74 Å². The summed E-state index contributed by atoms with van der Waals surface area (Å²) in [5.41, 5.74) is 2.35. The van der Waals surface area contributed by atoms with Gasteiger partial charge in [0.2, 0.25) is 0 Å². The number of hydrogen-bond donors (Lipinski definition) is 0. The summed E-state index contributed by atoms with van der Waals surface area (Å²) in [6.07, 6.45) is 0. The molecule has 1 nitrogen and oxygen atoms in total. The van der Waals surface area contributed by atoms with Gasteiger partial charge in [-0.1, -0.05) is 40.2 Å². The Bertz CT molecular complexity index is 523. The summed E-state index contributed by atoms with van der Waals surface area (Å²) in [5.74, 6) is 0.867. The predicted molar refractivity (Wildman–Crippen MR) is 77.4 cm³/mol. The van der Waals surface area contributed by atoms with Crippen molar-refractivity contribution >= 4 is 31.9 Å². The second-order valence-corrected chi connectivity index (χ2v) is 5.52. The van der Waals surface area contributed by atoms with Gasteiger partial charge < -0.3 is 4.74 Å². The van der Waals surface area contributed by atoms with Crippen molar-refractivity contribution in [1.82, 2.24) is 0 Å². The van der Waals surface area contributed by atoms with E-state index in [2.05, 4.69) is 44.8 Å². The van der Waals surface area contributed by atoms with Crippen LogP contribution in [0, 0.1) is 6.92 Å². The molecule has 0 aromatic heterocycles. The minimum Gasteiger partial charge on any atom is -0.488 e. The molecule has 0 aliphatic heterocycles. The molecule has 0 saturated heterocycles. The first kappa shape index (κ1) is 12.7. The highest BCUT2D eigenvalue weighted by Gasteiger charge is 2.03. The fourth-order valence-corrected chi connectivity index (χ4v) is 2.50. The fraction of sp³-hybridized carbons (Fsp3) is 0.143. The molecule has 0 N–H and O–H groups in total. The van der Waals surface area contributed by atoms with Crippen LogP contribution in [0.25, 0.3) is 0 Å². The fourth-order valence-electron chi connectivity index (χ4n) is 1.49. The Morgan fingerprint density at radius 2 is 1.76 bits per heavy atom. The number of rotatable bonds is 3. The van der Waals surface area contributed by atoms with Gasteiger partial charge in [0.05, 0.1) is 4.47 Å². The maximum atomic E-state index is 5.78. The molecule has 0 spiro atoms. The molecular weight excluding hydrogens is 344 g/mol. The zero-order valence-corrected chi connectivity index (χ0v) is 12.6. The quantitative estimate of drug-likeness (QED) is 0.744. The average molecular weight is 356 g/mol. The van der Waals surface area contributed by atoms with Crippen LogP contribution >= 0.6 is 31.9 Å². The second kappa shape index (κ2) is 5.69. The maximum Gasteiger partial charge on any atom is 0.134 e. The molecule has 0 unspecified atom stereocenters. The van der Waals surface area contributed by atoms with E-state index in [1.807, 2.05) is 36.4 Å². The van der Waals surface area contributed by atoms with Gasteiger partial charge in [-0.3, -0.25) is 0 Å². The highest BCUT2D eigenvalue weighted by atomic mass is 79.9. The first-order valence-corrected chi connectivity index (χ1v) is 6.88. The van der Waals surface area contributed by atoms with Crippen LogP contribution in [0.4, 0.5) is 0 Å². The molecule has 2 rings (SSSR count). The summed E-state index contributed by atoms with van der Waals surface area (Å²) in [6, 6.07) is 14.1. The van der Waals surface area contributed by atoms with E-state index in [0.29, 0.717) is 6.61 Å². The Hall–Kier alpha value is -0.800. The molecule has 88 valence electrons. The van der Waals surface area contributed by atoms with Crippen molar-refractivity contribution in [2.45, 2.75) is 13.5 Å². The molecule has 0 heterocycles. The van der Waals surface area contributed by atoms with Gasteiger partial charge in [-0.2, -0.15) is 0 Å². The van der Waals surface area contributed by atoms with E-state index >= 15 is 0 Å². The monoisotopic (exact) mass is 354 g/mol. The Morgan fingerprint density at radius 3 is 2.47 bits per heavy atom. The molecule has 0 bridgehead atoms. The number of benzene rings is 2. The largest absolute Gasteiger partial charge is 0.488 e. The van der Waals surface area contributed by atoms with Gasteiger partial charge in [-0.05, 0) is 46.6 Å². The van der Waals surface area contributed by atoms with Gasteiger partial charge >= 0.3 is 0 Å². The van der Waals surface area contributed by atoms with E-state index in [1.54, 1.807) is 0 Å². The van der Waals surface area contributed by atoms with E-state index in [9.17, 15) is 0 Å². The van der Waals surface area contributed by atoms with Crippen molar-refractivity contribution in [3.63, 3.8) is 0 Å². The molecule has 17 heavy (non-hydrogen) atoms. The van der Waals surface area contributed by atoms with E-state index in [0.717, 1.165) is 20.3 Å². The smallest absolute Gasteiger partial charge is 0.134 e. The van der Waals surface area contributed by atoms with Crippen molar-refractivity contribution in [2.75, 3.05) is 0 Å². The Labute approximate surface area is 118 Å². The summed E-state index contributed by atoms with van der Waals surface area (Å²) in [7, 11) is 0. The number of aryl methyl sites for hydroxylation is 1. The Balaban J connectivity index is 2.10. The second-order valence-electron chi connectivity index (χ2n) is 3.81. The summed E-state index contributed by atoms with van der Waals surface area (Å²) in [6.45, 7) is 2.62. The molecule has 0 aliphatic rings. The van der Waals surface area contributed by atoms with E-state index in [-0.39, 0.29) is 0 Å². The minimum atomic E-state index is 0.559. The Kier molecular flexibility index (Phi) is 4.24. The van der Waals surface area contributed by atoms with Crippen molar-refractivity contribution in [1.29, 1.82) is 0 Å². The van der Waals surface area contributed by atoms with Crippen molar-refractivity contribution < 1.29 is 4.74 Å². The van der Waals surface area contributed by atoms with Crippen LogP contribution in [0.5, 0.6) is 5.75 Å². The van der Waals surface area contributed by atoms with E-state index in [1.165, 1.54) is 5.56 Å². The number of ether oxygens (including phenoxy) is 1. The summed E-state index contributed by atoms with van der Waals surface area (Å²) < 4.78 is 7.84. The van der Waals surface area contributed by atoms with Crippen molar-refractivity contribution in [3.8, 4) is 5.75 Å². The summed E-state index contributed by atoms with van der Waals surface area (Å²) >= 11 is 7.01. The first-order chi connectivity index (χ1) is 8.16. The van der Waals surface area contributed by atoms with Crippen LogP contribution in [0.1, 0.15) is 11.1 Å². The number of halogens is 2. The molecule has 0 atom stereocenters. The third-order valence-corrected chi connectivity index (χ3v) is 3.82. The average Bonchev–Trinajstić information content (AvgIpc) is 2.30. The summed E-state index contributed by atoms with van der Waals surface area (Å²) in [4.78, 5) is 0. The zero-order valence-electron chi connectivity index (χ0n) is 9.41. The normalized spacial score (nSPS) is 10.3. The predicted octanol–water partition coefficient (Wildman–Crippen LogP) is 5.10. The molecular formula is C14H12Br2O. The van der Waals surface area contributed by atoms with Gasteiger partial charge in [-0.25, -0.2) is 0 Å². The zero-order chi connectivity index (χ0) is 12.3. The molecule has 0 fully saturated rings. The lowest BCUT2D eigenvalue weighted by Crippen LogP contribution is -1.97. The van der Waals surface area contributed by atoms with Gasteiger partial charge in [0, 0.05) is 10.0 Å². The third-order valence-electron chi connectivity index (χ3n) is 2.43. The maximum absolute atomic E-state index is 5.78. The number of hydrogen-bond acceptors (Lipinski definition) is 1. The lowest BCUT2D eigenvalue weighted by atomic mass is 10.2. The topological polar surface area (TPSA) is 9.23 Å². The molecule has 2 aromatic carbocycles. The molecule has 0 amide bonds. The summed E-state index contributed by atoms with van der Waals surface area (Å²) in [5, 5.41) is 0. The van der Waals surface area contributed by atoms with Crippen LogP contribution in [-0.2, 0) is 6.61 Å². The molecule has 2 aromatic rings. The van der Waals surface area contributed by atoms with Gasteiger partial charge in [0.15, 0.2) is 0 Å². The standard InChI is InChI=1S/C14H12Br2O/c1-10-6-7-14(13(16)8-10)17-9-11-4-2-3-5-12(11)15/h2-8H,9H2,1H3. The molecule has 0 saturated carbocycles. The molecule has 3 heteroatoms. The van der Waals surface area contributed by atoms with Gasteiger partial charge in [-0.15, -0.1) is 0 Å². The van der Waals surface area contributed by atoms with Gasteiger partial charge in [0.25, 0.3) is 0 Å². The third kappa shape index (κ3) is 3.33. The lowest BCUT2D eigenvalue weighted by molar-refractivity contribution is 0.303. The first-order valence-electron chi connectivity index (χ1n) is 5.29. The van der Waals surface area contributed by atoms with Crippen molar-refractivity contribution in [3.05, 3.63) is 62.5 Å². The van der Waals surface area contributed by atoms with Crippen LogP contribution in [0.15, 0.2) is 51.4 Å². The highest BCUT2D eigenvalue weighted by molar-refractivity contribution is 9.10. The molecule has 0 radical (unpaired) electrons. The van der Waals surface area contributed by atoms with Crippen LogP contribution in [-0.4, -0.2) is 0 Å². The Morgan fingerprint density at radius 1 is 1.00 bits per heavy atom.